The van der Waals surface area contributed by atoms with Crippen LogP contribution in [0.3, 0.4) is 0 Å². The molecule has 0 saturated carbocycles. The van der Waals surface area contributed by atoms with Crippen molar-refractivity contribution < 1.29 is 9.59 Å². The molecule has 20 rings (SSSR count). The molecular formula is C92H102N22O2. The summed E-state index contributed by atoms with van der Waals surface area (Å²) in [5.74, 6) is 2.21. The van der Waals surface area contributed by atoms with Gasteiger partial charge in [0.25, 0.3) is 0 Å². The Kier molecular flexibility index (Phi) is 23.0. The van der Waals surface area contributed by atoms with Crippen LogP contribution in [0, 0.1) is 27.7 Å². The van der Waals surface area contributed by atoms with E-state index in [9.17, 15) is 9.59 Å². The number of likely N-dealkylation sites (N-methyl/N-ethyl adjacent to an activating group) is 2. The highest BCUT2D eigenvalue weighted by atomic mass is 16.2. The average Bonchev–Trinajstić information content (AvgIpc) is 1.63. The summed E-state index contributed by atoms with van der Waals surface area (Å²) in [5, 5.41) is 15.2. The molecule has 4 N–H and O–H groups in total. The van der Waals surface area contributed by atoms with E-state index in [1.54, 1.807) is 4.90 Å². The number of rotatable bonds is 12. The number of piperidine rings is 4. The molecule has 592 valence electrons. The molecule has 0 unspecified atom stereocenters. The highest BCUT2D eigenvalue weighted by molar-refractivity contribution is 5.95. The lowest BCUT2D eigenvalue weighted by atomic mass is 9.91. The fourth-order valence-corrected chi connectivity index (χ4v) is 17.8. The number of carbonyl (C=O) groups excluding carboxylic acids is 2. The number of carbonyl (C=O) groups is 2. The molecule has 24 heteroatoms. The quantitative estimate of drug-likeness (QED) is 0.0888. The average molecular weight is 1550 g/mol. The highest BCUT2D eigenvalue weighted by Gasteiger charge is 2.35. The van der Waals surface area contributed by atoms with Crippen molar-refractivity contribution in [2.75, 3.05) is 63.2 Å². The zero-order valence-corrected chi connectivity index (χ0v) is 67.0. The third-order valence-corrected chi connectivity index (χ3v) is 23.9. The molecule has 0 spiro atoms. The highest BCUT2D eigenvalue weighted by Crippen LogP contribution is 2.41. The van der Waals surface area contributed by atoms with E-state index in [-0.39, 0.29) is 60.1 Å². The molecule has 14 aromatic heterocycles. The first kappa shape index (κ1) is 76.8. The largest absolute Gasteiger partial charge is 0.347 e. The van der Waals surface area contributed by atoms with Crippen LogP contribution < -0.4 is 31.1 Å². The summed E-state index contributed by atoms with van der Waals surface area (Å²) < 4.78 is 8.51. The first-order chi connectivity index (χ1) is 56.8. The van der Waals surface area contributed by atoms with Gasteiger partial charge >= 0.3 is 0 Å². The fourth-order valence-electron chi connectivity index (χ4n) is 17.8. The summed E-state index contributed by atoms with van der Waals surface area (Å²) in [4.78, 5) is 80.1. The molecule has 6 saturated heterocycles. The van der Waals surface area contributed by atoms with Gasteiger partial charge in [-0.15, -0.1) is 0 Å². The molecule has 24 nitrogen and oxygen atoms in total. The Hall–Kier alpha value is -11.8. The number of anilines is 2. The minimum absolute atomic E-state index is 0.132. The number of imidazole rings is 4. The normalized spacial score (nSPS) is 21.4. The van der Waals surface area contributed by atoms with E-state index in [2.05, 4.69) is 186 Å². The molecule has 2 amide bonds. The first-order valence-electron chi connectivity index (χ1n) is 41.2. The van der Waals surface area contributed by atoms with Crippen molar-refractivity contribution in [1.29, 1.82) is 0 Å². The summed E-state index contributed by atoms with van der Waals surface area (Å²) in [6.07, 6.45) is 34.7. The third-order valence-electron chi connectivity index (χ3n) is 23.9. The van der Waals surface area contributed by atoms with Gasteiger partial charge in [0.15, 0.2) is 0 Å². The zero-order valence-electron chi connectivity index (χ0n) is 67.0. The zero-order chi connectivity index (χ0) is 79.2. The van der Waals surface area contributed by atoms with Gasteiger partial charge in [0.1, 0.15) is 34.2 Å². The van der Waals surface area contributed by atoms with Crippen LogP contribution in [-0.2, 0) is 9.59 Å². The van der Waals surface area contributed by atoms with Gasteiger partial charge in [-0.2, -0.15) is 0 Å². The van der Waals surface area contributed by atoms with E-state index in [1.165, 1.54) is 22.3 Å². The summed E-state index contributed by atoms with van der Waals surface area (Å²) in [7, 11) is 3.85. The number of nitrogens with zero attached hydrogens (tertiary/aromatic N) is 18. The van der Waals surface area contributed by atoms with Crippen LogP contribution in [0.1, 0.15) is 193 Å². The van der Waals surface area contributed by atoms with Gasteiger partial charge in [0.05, 0.1) is 124 Å². The second-order valence-electron chi connectivity index (χ2n) is 31.7. The Morgan fingerprint density at radius 2 is 0.784 bits per heavy atom. The van der Waals surface area contributed by atoms with Gasteiger partial charge in [0.2, 0.25) is 11.8 Å². The van der Waals surface area contributed by atoms with Crippen molar-refractivity contribution in [3.63, 3.8) is 0 Å². The van der Waals surface area contributed by atoms with Crippen LogP contribution in [0.15, 0.2) is 220 Å². The Morgan fingerprint density at radius 3 is 1.26 bits per heavy atom. The van der Waals surface area contributed by atoms with Crippen LogP contribution in [0.5, 0.6) is 0 Å². The molecule has 0 bridgehead atoms. The number of fused-ring (bicyclic) bond motifs is 4. The van der Waals surface area contributed by atoms with Crippen LogP contribution in [0.4, 0.5) is 11.6 Å². The number of amides is 2. The summed E-state index contributed by atoms with van der Waals surface area (Å²) in [6, 6.07) is 52.8. The van der Waals surface area contributed by atoms with Crippen LogP contribution in [-0.4, -0.2) is 142 Å². The summed E-state index contributed by atoms with van der Waals surface area (Å²) >= 11 is 0. The van der Waals surface area contributed by atoms with Crippen molar-refractivity contribution in [2.24, 2.45) is 0 Å². The van der Waals surface area contributed by atoms with E-state index in [1.807, 2.05) is 159 Å². The Bertz CT molecular complexity index is 5580. The number of hydrogen-bond donors (Lipinski definition) is 4. The number of hydrogen-bond acceptors (Lipinski definition) is 18. The van der Waals surface area contributed by atoms with Gasteiger partial charge < -0.3 is 31.1 Å². The maximum Gasteiger partial charge on any atom is 0.242 e. The molecular weight excluding hydrogens is 1450 g/mol. The van der Waals surface area contributed by atoms with E-state index in [0.717, 1.165) is 199 Å². The molecule has 6 aliphatic heterocycles. The SMILES string of the molecule is Cc1cccnc1[C@@H]1CCC[C@H](c2cn3c(N4CCN(C)C(=O)C4)cccc3n2)N1.Cc1cccnc1[C@@H]1CCC[C@H](c2cn3c(N4CCN(C)CC4=O)cccc3n2)N1.Cc1cccnc1[C@@H]1CCC[C@H](c2nc3ccccn3c2-c2ccccn2)N1.Cc1cccnc1[C@@H]1CCC[C@H](c2nc3ccccn3c2-c2cccnc2)N1. The monoisotopic (exact) mass is 1550 g/mol. The van der Waals surface area contributed by atoms with E-state index < -0.39 is 0 Å². The molecule has 8 atom stereocenters. The number of piperazine rings is 2. The minimum Gasteiger partial charge on any atom is -0.347 e. The summed E-state index contributed by atoms with van der Waals surface area (Å²) in [5.41, 5.74) is 21.7. The second kappa shape index (κ2) is 34.7. The fraction of sp³-hybridized carbons (Fsp3) is 0.348. The molecule has 6 fully saturated rings. The topological polar surface area (TPSA) is 242 Å². The number of aryl methyl sites for hydroxylation is 4. The number of aromatic nitrogens is 14. The van der Waals surface area contributed by atoms with Gasteiger partial charge in [-0.1, -0.05) is 54.6 Å². The molecule has 14 aromatic rings. The molecule has 6 aliphatic rings. The predicted molar refractivity (Wildman–Crippen MR) is 453 cm³/mol. The molecule has 0 radical (unpaired) electrons. The first-order valence-corrected chi connectivity index (χ1v) is 41.2. The van der Waals surface area contributed by atoms with Crippen LogP contribution in [0.25, 0.3) is 45.2 Å². The number of nitrogens with one attached hydrogen (secondary N) is 4. The summed E-state index contributed by atoms with van der Waals surface area (Å²) in [6.45, 7) is 12.5. The lowest BCUT2D eigenvalue weighted by Crippen LogP contribution is -2.49. The van der Waals surface area contributed by atoms with Gasteiger partial charge in [0, 0.05) is 107 Å². The van der Waals surface area contributed by atoms with E-state index in [0.29, 0.717) is 19.6 Å². The third kappa shape index (κ3) is 16.5. The number of pyridine rings is 10. The van der Waals surface area contributed by atoms with E-state index >= 15 is 0 Å². The molecule has 116 heavy (non-hydrogen) atoms. The maximum absolute atomic E-state index is 12.6. The van der Waals surface area contributed by atoms with Crippen molar-refractivity contribution in [3.05, 3.63) is 288 Å². The maximum atomic E-state index is 12.6. The van der Waals surface area contributed by atoms with Gasteiger partial charge in [-0.3, -0.25) is 66.9 Å². The molecule has 0 aromatic carbocycles. The van der Waals surface area contributed by atoms with Crippen LogP contribution in [0.2, 0.25) is 0 Å². The van der Waals surface area contributed by atoms with E-state index in [4.69, 9.17) is 19.9 Å². The van der Waals surface area contributed by atoms with Crippen molar-refractivity contribution >= 4 is 46.0 Å². The Balaban J connectivity index is 0.000000111. The van der Waals surface area contributed by atoms with Crippen molar-refractivity contribution in [3.8, 4) is 22.6 Å². The van der Waals surface area contributed by atoms with Crippen LogP contribution >= 0.6 is 0 Å². The predicted octanol–water partition coefficient (Wildman–Crippen LogP) is 15.1. The standard InChI is InChI=1S/2C23H28N6O.2C23H23N5/c1-16-6-5-11-24-23(16)18-8-3-7-17(25-18)19-14-29-20(26-19)9-4-10-21(29)28-13-12-27(2)22(30)15-28;1-16-6-5-11-24-23(16)18-8-3-7-17(25-18)19-14-29-20(26-19)9-4-10-21(29)28-13-12-27(2)15-22(28)30;1-16-8-7-14-25-21(16)17-10-6-11-18(26-17)22-23(19-9-2-4-13-24-19)28-15-5-3-12-20(28)27-22;1-16-7-5-13-25-21(16)18-9-4-10-19(26-18)22-23(17-8-6-12-24-15-17)28-14-3-2-11-20(28)27-22/h2*4-6,9-11,14,17-18,25H,3,7-8,12-13,15H2,1-2H3;2-5,7-9,12-15,17-18,26H,6,10-11H2,1H3;2-3,5-8,11-15,18-19,26H,4,9-10H2,1H3/t3*17-,18+;18-,19+/m1100/s1. The lowest BCUT2D eigenvalue weighted by Gasteiger charge is -2.33. The van der Waals surface area contributed by atoms with Gasteiger partial charge in [-0.25, -0.2) is 19.9 Å². The van der Waals surface area contributed by atoms with Crippen molar-refractivity contribution in [2.45, 2.75) is 153 Å². The smallest absolute Gasteiger partial charge is 0.242 e. The van der Waals surface area contributed by atoms with Crippen molar-refractivity contribution in [1.82, 2.24) is 98.5 Å². The Labute approximate surface area is 677 Å². The molecule has 0 aliphatic carbocycles. The lowest BCUT2D eigenvalue weighted by molar-refractivity contribution is -0.129. The minimum atomic E-state index is 0.132. The second-order valence-corrected chi connectivity index (χ2v) is 31.7. The Morgan fingerprint density at radius 1 is 0.353 bits per heavy atom. The molecule has 20 heterocycles. The van der Waals surface area contributed by atoms with Gasteiger partial charge in [-0.05, 0) is 231 Å².